The molecular weight excluding hydrogens is 288 g/mol. The third kappa shape index (κ3) is 3.60. The van der Waals surface area contributed by atoms with E-state index < -0.39 is 10.9 Å². The quantitative estimate of drug-likeness (QED) is 0.655. The van der Waals surface area contributed by atoms with Crippen molar-refractivity contribution in [2.45, 2.75) is 38.6 Å². The predicted octanol–water partition coefficient (Wildman–Crippen LogP) is 2.28. The molecule has 118 valence electrons. The monoisotopic (exact) mass is 306 g/mol. The van der Waals surface area contributed by atoms with Gasteiger partial charge in [-0.3, -0.25) is 19.7 Å². The second-order valence-electron chi connectivity index (χ2n) is 5.62. The number of nitrogens with zero attached hydrogens (tertiary/aromatic N) is 1. The molecule has 7 nitrogen and oxygen atoms in total. The summed E-state index contributed by atoms with van der Waals surface area (Å²) < 4.78 is 0. The van der Waals surface area contributed by atoms with Gasteiger partial charge in [-0.1, -0.05) is 0 Å². The van der Waals surface area contributed by atoms with E-state index in [0.717, 1.165) is 0 Å². The lowest BCUT2D eigenvalue weighted by atomic mass is 9.86. The summed E-state index contributed by atoms with van der Waals surface area (Å²) in [7, 11) is 0. The summed E-state index contributed by atoms with van der Waals surface area (Å²) in [5.41, 5.74) is 0.910. The van der Waals surface area contributed by atoms with Gasteiger partial charge in [-0.15, -0.1) is 0 Å². The Bertz CT molecular complexity index is 606. The van der Waals surface area contributed by atoms with E-state index in [0.29, 0.717) is 36.8 Å². The van der Waals surface area contributed by atoms with Crippen LogP contribution in [0.15, 0.2) is 18.2 Å². The number of carboxylic acids is 1. The van der Waals surface area contributed by atoms with Crippen molar-refractivity contribution < 1.29 is 19.6 Å². The topological polar surface area (TPSA) is 110 Å². The smallest absolute Gasteiger partial charge is 0.306 e. The van der Waals surface area contributed by atoms with Crippen LogP contribution in [0, 0.1) is 23.0 Å². The van der Waals surface area contributed by atoms with Gasteiger partial charge in [0.25, 0.3) is 11.6 Å². The molecule has 1 amide bonds. The normalized spacial score (nSPS) is 21.1. The van der Waals surface area contributed by atoms with Gasteiger partial charge in [0.05, 0.1) is 10.8 Å². The third-order valence-electron chi connectivity index (χ3n) is 4.08. The Hall–Kier alpha value is -2.44. The number of carbonyl (C=O) groups excluding carboxylic acids is 1. The highest BCUT2D eigenvalue weighted by Gasteiger charge is 2.27. The van der Waals surface area contributed by atoms with Crippen molar-refractivity contribution >= 4 is 17.6 Å². The Labute approximate surface area is 127 Å². The number of rotatable bonds is 4. The van der Waals surface area contributed by atoms with Crippen molar-refractivity contribution in [1.29, 1.82) is 0 Å². The van der Waals surface area contributed by atoms with E-state index in [4.69, 9.17) is 5.11 Å². The molecule has 22 heavy (non-hydrogen) atoms. The SMILES string of the molecule is Cc1cc([N+](=O)[O-])ccc1C(=O)NC1CCC(C(=O)O)CC1. The van der Waals surface area contributed by atoms with E-state index in [1.807, 2.05) is 0 Å². The van der Waals surface area contributed by atoms with Crippen LogP contribution in [0.25, 0.3) is 0 Å². The minimum Gasteiger partial charge on any atom is -0.481 e. The number of hydrogen-bond donors (Lipinski definition) is 2. The summed E-state index contributed by atoms with van der Waals surface area (Å²) in [6.45, 7) is 1.66. The Morgan fingerprint density at radius 2 is 1.91 bits per heavy atom. The lowest BCUT2D eigenvalue weighted by Gasteiger charge is -2.27. The van der Waals surface area contributed by atoms with Crippen molar-refractivity contribution in [1.82, 2.24) is 5.32 Å². The molecule has 0 radical (unpaired) electrons. The molecule has 1 fully saturated rings. The molecule has 0 heterocycles. The lowest BCUT2D eigenvalue weighted by molar-refractivity contribution is -0.384. The number of aliphatic carboxylic acids is 1. The highest BCUT2D eigenvalue weighted by Crippen LogP contribution is 2.25. The summed E-state index contributed by atoms with van der Waals surface area (Å²) in [5, 5.41) is 22.5. The Kier molecular flexibility index (Phi) is 4.75. The number of nitrogens with one attached hydrogen (secondary N) is 1. The van der Waals surface area contributed by atoms with E-state index in [1.54, 1.807) is 6.92 Å². The summed E-state index contributed by atoms with van der Waals surface area (Å²) in [6.07, 6.45) is 2.38. The fourth-order valence-corrected chi connectivity index (χ4v) is 2.76. The fourth-order valence-electron chi connectivity index (χ4n) is 2.76. The highest BCUT2D eigenvalue weighted by molar-refractivity contribution is 5.96. The fraction of sp³-hybridized carbons (Fsp3) is 0.467. The van der Waals surface area contributed by atoms with Gasteiger partial charge >= 0.3 is 5.97 Å². The van der Waals surface area contributed by atoms with Gasteiger partial charge in [-0.25, -0.2) is 0 Å². The van der Waals surface area contributed by atoms with Gasteiger partial charge in [0.15, 0.2) is 0 Å². The zero-order valence-electron chi connectivity index (χ0n) is 12.2. The number of carbonyl (C=O) groups is 2. The van der Waals surface area contributed by atoms with Crippen LogP contribution >= 0.6 is 0 Å². The Morgan fingerprint density at radius 3 is 2.41 bits per heavy atom. The highest BCUT2D eigenvalue weighted by atomic mass is 16.6. The van der Waals surface area contributed by atoms with Gasteiger partial charge in [0.2, 0.25) is 0 Å². The number of aryl methyl sites for hydroxylation is 1. The van der Waals surface area contributed by atoms with Crippen LogP contribution in [-0.4, -0.2) is 27.9 Å². The van der Waals surface area contributed by atoms with E-state index >= 15 is 0 Å². The van der Waals surface area contributed by atoms with Gasteiger partial charge < -0.3 is 10.4 Å². The second kappa shape index (κ2) is 6.55. The van der Waals surface area contributed by atoms with Gasteiger partial charge in [-0.05, 0) is 44.2 Å². The first-order valence-corrected chi connectivity index (χ1v) is 7.17. The average molecular weight is 306 g/mol. The maximum absolute atomic E-state index is 12.2. The molecule has 1 aliphatic carbocycles. The zero-order chi connectivity index (χ0) is 16.3. The van der Waals surface area contributed by atoms with Crippen LogP contribution in [-0.2, 0) is 4.79 Å². The molecule has 2 N–H and O–H groups in total. The number of amides is 1. The number of benzene rings is 1. The Morgan fingerprint density at radius 1 is 1.27 bits per heavy atom. The molecule has 1 aromatic carbocycles. The molecule has 7 heteroatoms. The van der Waals surface area contributed by atoms with Crippen LogP contribution in [0.5, 0.6) is 0 Å². The minimum atomic E-state index is -0.781. The first-order chi connectivity index (χ1) is 10.4. The van der Waals surface area contributed by atoms with Gasteiger partial charge in [0.1, 0.15) is 0 Å². The van der Waals surface area contributed by atoms with Crippen molar-refractivity contribution in [2.24, 2.45) is 5.92 Å². The summed E-state index contributed by atoms with van der Waals surface area (Å²) in [5.74, 6) is -1.38. The molecule has 0 atom stereocenters. The maximum atomic E-state index is 12.2. The summed E-state index contributed by atoms with van der Waals surface area (Å²) in [4.78, 5) is 33.3. The molecule has 0 aliphatic heterocycles. The Balaban J connectivity index is 1.98. The number of hydrogen-bond acceptors (Lipinski definition) is 4. The molecule has 0 saturated heterocycles. The van der Waals surface area contributed by atoms with E-state index in [1.165, 1.54) is 18.2 Å². The maximum Gasteiger partial charge on any atom is 0.306 e. The van der Waals surface area contributed by atoms with Crippen molar-refractivity contribution in [3.63, 3.8) is 0 Å². The standard InChI is InChI=1S/C15H18N2O5/c1-9-8-12(17(21)22)6-7-13(9)14(18)16-11-4-2-10(3-5-11)15(19)20/h6-8,10-11H,2-5H2,1H3,(H,16,18)(H,19,20). The lowest BCUT2D eigenvalue weighted by Crippen LogP contribution is -2.39. The van der Waals surface area contributed by atoms with Gasteiger partial charge in [0, 0.05) is 23.7 Å². The molecule has 1 saturated carbocycles. The van der Waals surface area contributed by atoms with Crippen molar-refractivity contribution in [3.8, 4) is 0 Å². The van der Waals surface area contributed by atoms with E-state index in [-0.39, 0.29) is 23.6 Å². The summed E-state index contributed by atoms with van der Waals surface area (Å²) in [6, 6.07) is 4.09. The second-order valence-corrected chi connectivity index (χ2v) is 5.62. The molecule has 0 spiro atoms. The molecule has 0 unspecified atom stereocenters. The first-order valence-electron chi connectivity index (χ1n) is 7.17. The molecule has 0 bridgehead atoms. The zero-order valence-corrected chi connectivity index (χ0v) is 12.2. The van der Waals surface area contributed by atoms with E-state index in [2.05, 4.69) is 5.32 Å². The van der Waals surface area contributed by atoms with Crippen molar-refractivity contribution in [2.75, 3.05) is 0 Å². The minimum absolute atomic E-state index is 0.0438. The van der Waals surface area contributed by atoms with Gasteiger partial charge in [-0.2, -0.15) is 0 Å². The van der Waals surface area contributed by atoms with Crippen LogP contribution in [0.1, 0.15) is 41.6 Å². The van der Waals surface area contributed by atoms with Crippen LogP contribution in [0.2, 0.25) is 0 Å². The largest absolute Gasteiger partial charge is 0.481 e. The molecule has 1 aliphatic rings. The predicted molar refractivity (Wildman–Crippen MR) is 78.7 cm³/mol. The summed E-state index contributed by atoms with van der Waals surface area (Å²) >= 11 is 0. The molecule has 1 aromatic rings. The van der Waals surface area contributed by atoms with Crippen LogP contribution in [0.3, 0.4) is 0 Å². The first kappa shape index (κ1) is 15.9. The number of nitro benzene ring substituents is 1. The van der Waals surface area contributed by atoms with Crippen LogP contribution < -0.4 is 5.32 Å². The third-order valence-corrected chi connectivity index (χ3v) is 4.08. The van der Waals surface area contributed by atoms with Crippen molar-refractivity contribution in [3.05, 3.63) is 39.4 Å². The number of carboxylic acid groups (broad SMARTS) is 1. The van der Waals surface area contributed by atoms with Crippen LogP contribution in [0.4, 0.5) is 5.69 Å². The average Bonchev–Trinajstić information content (AvgIpc) is 2.47. The molecule has 2 rings (SSSR count). The molecule has 0 aromatic heterocycles. The van der Waals surface area contributed by atoms with E-state index in [9.17, 15) is 19.7 Å². The molecular formula is C15H18N2O5. The number of non-ortho nitro benzene ring substituents is 1. The number of nitro groups is 1.